The summed E-state index contributed by atoms with van der Waals surface area (Å²) < 4.78 is 2.47. The smallest absolute Gasteiger partial charge is 0.301 e. The molecular formula is C29H22ClN5O3S2. The van der Waals surface area contributed by atoms with Crippen molar-refractivity contribution < 1.29 is 14.7 Å². The lowest BCUT2D eigenvalue weighted by Gasteiger charge is -2.22. The molecule has 4 heterocycles. The van der Waals surface area contributed by atoms with Gasteiger partial charge in [-0.25, -0.2) is 4.98 Å². The molecule has 0 saturated carbocycles. The van der Waals surface area contributed by atoms with Crippen LogP contribution in [0, 0.1) is 13.8 Å². The molecule has 0 spiro atoms. The summed E-state index contributed by atoms with van der Waals surface area (Å²) in [7, 11) is 0. The highest BCUT2D eigenvalue weighted by Gasteiger charge is 2.48. The van der Waals surface area contributed by atoms with Crippen molar-refractivity contribution in [3.63, 3.8) is 0 Å². The molecular weight excluding hydrogens is 566 g/mol. The Balaban J connectivity index is 1.43. The number of aryl methyl sites for hydroxylation is 2. The fourth-order valence-electron chi connectivity index (χ4n) is 4.77. The maximum atomic E-state index is 13.5. The number of amides is 1. The molecule has 40 heavy (non-hydrogen) atoms. The largest absolute Gasteiger partial charge is 0.505 e. The van der Waals surface area contributed by atoms with E-state index in [2.05, 4.69) is 15.2 Å². The van der Waals surface area contributed by atoms with Gasteiger partial charge in [-0.1, -0.05) is 89.3 Å². The van der Waals surface area contributed by atoms with Crippen LogP contribution in [0.3, 0.4) is 0 Å². The van der Waals surface area contributed by atoms with Crippen LogP contribution in [0.5, 0.6) is 0 Å². The van der Waals surface area contributed by atoms with Crippen molar-refractivity contribution in [3.8, 4) is 0 Å². The average Bonchev–Trinajstić information content (AvgIpc) is 3.64. The van der Waals surface area contributed by atoms with Gasteiger partial charge in [-0.3, -0.25) is 14.5 Å². The number of fused-ring (bicyclic) bond motifs is 1. The minimum atomic E-state index is -0.902. The van der Waals surface area contributed by atoms with Crippen molar-refractivity contribution in [2.24, 2.45) is 0 Å². The van der Waals surface area contributed by atoms with Gasteiger partial charge < -0.3 is 9.51 Å². The van der Waals surface area contributed by atoms with Crippen LogP contribution in [-0.4, -0.2) is 36.4 Å². The van der Waals surface area contributed by atoms with Gasteiger partial charge in [-0.15, -0.1) is 10.2 Å². The Morgan fingerprint density at radius 1 is 1.02 bits per heavy atom. The van der Waals surface area contributed by atoms with Crippen LogP contribution in [0.2, 0.25) is 5.02 Å². The molecule has 2 aromatic carbocycles. The van der Waals surface area contributed by atoms with E-state index in [1.54, 1.807) is 0 Å². The number of ketones is 1. The first-order valence-corrected chi connectivity index (χ1v) is 14.5. The van der Waals surface area contributed by atoms with Crippen LogP contribution in [0.25, 0.3) is 11.4 Å². The number of halogens is 1. The Labute approximate surface area is 243 Å². The van der Waals surface area contributed by atoms with Gasteiger partial charge in [0.25, 0.3) is 5.78 Å². The zero-order valence-electron chi connectivity index (χ0n) is 21.4. The normalized spacial score (nSPS) is 16.8. The summed E-state index contributed by atoms with van der Waals surface area (Å²) in [6.07, 6.45) is 1.85. The molecule has 1 atom stereocenters. The van der Waals surface area contributed by atoms with Crippen molar-refractivity contribution >= 4 is 62.9 Å². The number of hydrogen-bond acceptors (Lipinski definition) is 8. The summed E-state index contributed by atoms with van der Waals surface area (Å²) in [5.41, 5.74) is 4.05. The van der Waals surface area contributed by atoms with E-state index in [1.807, 2.05) is 91.2 Å². The second-order valence-electron chi connectivity index (χ2n) is 9.24. The molecule has 1 unspecified atom stereocenters. The highest BCUT2D eigenvalue weighted by Crippen LogP contribution is 2.44. The SMILES string of the molecule is Cc1cccn2c(C)c(C(O)=C3C(=O)C(=O)N(c4nnc(SCc5ccccc5Cl)s4)C3c3ccccc3)nc12. The van der Waals surface area contributed by atoms with Gasteiger partial charge in [0.2, 0.25) is 5.13 Å². The van der Waals surface area contributed by atoms with Crippen LogP contribution in [-0.2, 0) is 15.3 Å². The molecule has 1 amide bonds. The van der Waals surface area contributed by atoms with Crippen molar-refractivity contribution in [1.82, 2.24) is 19.6 Å². The Morgan fingerprint density at radius 2 is 1.77 bits per heavy atom. The molecule has 0 aliphatic carbocycles. The van der Waals surface area contributed by atoms with Crippen molar-refractivity contribution in [1.29, 1.82) is 0 Å². The topological polar surface area (TPSA) is 101 Å². The number of imidazole rings is 1. The average molecular weight is 588 g/mol. The fourth-order valence-corrected chi connectivity index (χ4v) is 6.92. The summed E-state index contributed by atoms with van der Waals surface area (Å²) >= 11 is 8.94. The number of aliphatic hydroxyl groups excluding tert-OH is 1. The number of aliphatic hydroxyl groups is 1. The predicted octanol–water partition coefficient (Wildman–Crippen LogP) is 6.37. The zero-order valence-corrected chi connectivity index (χ0v) is 23.8. The second kappa shape index (κ2) is 10.5. The minimum Gasteiger partial charge on any atom is -0.505 e. The summed E-state index contributed by atoms with van der Waals surface area (Å²) in [5, 5.41) is 21.0. The number of carbonyl (C=O) groups excluding carboxylic acids is 2. The van der Waals surface area contributed by atoms with E-state index in [0.29, 0.717) is 32.0 Å². The van der Waals surface area contributed by atoms with Crippen LogP contribution in [0.15, 0.2) is 82.8 Å². The van der Waals surface area contributed by atoms with Gasteiger partial charge in [0.1, 0.15) is 11.3 Å². The first-order chi connectivity index (χ1) is 19.3. The number of anilines is 1. The number of thioether (sulfide) groups is 1. The summed E-state index contributed by atoms with van der Waals surface area (Å²) in [4.78, 5) is 33.0. The maximum Gasteiger partial charge on any atom is 0.301 e. The van der Waals surface area contributed by atoms with Crippen LogP contribution < -0.4 is 4.90 Å². The number of rotatable bonds is 6. The third kappa shape index (κ3) is 4.47. The van der Waals surface area contributed by atoms with Crippen molar-refractivity contribution in [3.05, 3.63) is 112 Å². The number of Topliss-reactive ketones (excluding diaryl/α,β-unsaturated/α-hetero) is 1. The number of aromatic nitrogens is 4. The van der Waals surface area contributed by atoms with Gasteiger partial charge >= 0.3 is 5.91 Å². The number of pyridine rings is 1. The molecule has 6 rings (SSSR count). The van der Waals surface area contributed by atoms with E-state index in [9.17, 15) is 14.7 Å². The van der Waals surface area contributed by atoms with Crippen molar-refractivity contribution in [2.45, 2.75) is 30.0 Å². The zero-order chi connectivity index (χ0) is 28.0. The molecule has 200 valence electrons. The van der Waals surface area contributed by atoms with Gasteiger partial charge in [-0.05, 0) is 42.7 Å². The molecule has 0 radical (unpaired) electrons. The van der Waals surface area contributed by atoms with E-state index in [-0.39, 0.29) is 22.2 Å². The molecule has 0 bridgehead atoms. The monoisotopic (exact) mass is 587 g/mol. The Morgan fingerprint density at radius 3 is 2.52 bits per heavy atom. The molecule has 1 aliphatic rings. The third-order valence-electron chi connectivity index (χ3n) is 6.78. The minimum absolute atomic E-state index is 0.0409. The standard InChI is InChI=1S/C29H22ClN5O3S2/c1-16-9-8-14-34-17(2)22(31-26(16)34)24(36)21-23(18-10-4-3-5-11-18)35(27(38)25(21)37)28-32-33-29(40-28)39-15-19-12-6-7-13-20(19)30/h3-14,23,36H,15H2,1-2H3. The van der Waals surface area contributed by atoms with E-state index in [1.165, 1.54) is 28.0 Å². The van der Waals surface area contributed by atoms with E-state index in [0.717, 1.165) is 11.1 Å². The molecule has 8 nitrogen and oxygen atoms in total. The van der Waals surface area contributed by atoms with Gasteiger partial charge in [0.15, 0.2) is 10.1 Å². The Kier molecular flexibility index (Phi) is 6.91. The highest BCUT2D eigenvalue weighted by atomic mass is 35.5. The van der Waals surface area contributed by atoms with Crippen LogP contribution in [0.4, 0.5) is 5.13 Å². The summed E-state index contributed by atoms with van der Waals surface area (Å²) in [5.74, 6) is -1.35. The van der Waals surface area contributed by atoms with Crippen molar-refractivity contribution in [2.75, 3.05) is 4.90 Å². The molecule has 5 aromatic rings. The highest BCUT2D eigenvalue weighted by molar-refractivity contribution is 8.00. The summed E-state index contributed by atoms with van der Waals surface area (Å²) in [6.45, 7) is 3.74. The quantitative estimate of drug-likeness (QED) is 0.0809. The number of hydrogen-bond donors (Lipinski definition) is 1. The van der Waals surface area contributed by atoms with E-state index < -0.39 is 17.7 Å². The molecule has 1 fully saturated rings. The number of benzene rings is 2. The number of carbonyl (C=O) groups is 2. The molecule has 3 aromatic heterocycles. The fraction of sp³-hybridized carbons (Fsp3) is 0.138. The van der Waals surface area contributed by atoms with Crippen LogP contribution >= 0.6 is 34.7 Å². The van der Waals surface area contributed by atoms with E-state index >= 15 is 0 Å². The van der Waals surface area contributed by atoms with Crippen LogP contribution in [0.1, 0.15) is 34.1 Å². The van der Waals surface area contributed by atoms with Gasteiger partial charge in [0.05, 0.1) is 17.3 Å². The lowest BCUT2D eigenvalue weighted by atomic mass is 9.96. The first kappa shape index (κ1) is 26.2. The van der Waals surface area contributed by atoms with Gasteiger partial charge in [0, 0.05) is 17.0 Å². The Bertz CT molecular complexity index is 1820. The second-order valence-corrected chi connectivity index (χ2v) is 11.8. The summed E-state index contributed by atoms with van der Waals surface area (Å²) in [6, 6.07) is 19.6. The molecule has 11 heteroatoms. The van der Waals surface area contributed by atoms with Gasteiger partial charge in [-0.2, -0.15) is 0 Å². The number of nitrogens with zero attached hydrogens (tertiary/aromatic N) is 5. The molecule has 1 N–H and O–H groups in total. The third-order valence-corrected chi connectivity index (χ3v) is 9.25. The lowest BCUT2D eigenvalue weighted by Crippen LogP contribution is -2.29. The maximum absolute atomic E-state index is 13.5. The first-order valence-electron chi connectivity index (χ1n) is 12.4. The molecule has 1 aliphatic heterocycles. The molecule has 1 saturated heterocycles. The van der Waals surface area contributed by atoms with E-state index in [4.69, 9.17) is 11.6 Å². The lowest BCUT2D eigenvalue weighted by molar-refractivity contribution is -0.132. The Hall–Kier alpha value is -3.99. The predicted molar refractivity (Wildman–Crippen MR) is 157 cm³/mol.